The van der Waals surface area contributed by atoms with Gasteiger partial charge in [-0.2, -0.15) is 0 Å². The number of rotatable bonds is 3. The summed E-state index contributed by atoms with van der Waals surface area (Å²) < 4.78 is 7.15. The average Bonchev–Trinajstić information content (AvgIpc) is 3.34. The lowest BCUT2D eigenvalue weighted by molar-refractivity contribution is 0.122. The number of morpholine rings is 1. The molecule has 0 saturated carbocycles. The molecule has 4 heterocycles. The number of H-pyrrole nitrogens is 1. The van der Waals surface area contributed by atoms with Crippen molar-refractivity contribution in [1.82, 2.24) is 25.0 Å². The van der Waals surface area contributed by atoms with E-state index < -0.39 is 0 Å². The first-order valence-corrected chi connectivity index (χ1v) is 10.5. The topological polar surface area (TPSA) is 88.9 Å². The van der Waals surface area contributed by atoms with Crippen LogP contribution in [0.4, 0.5) is 5.82 Å². The molecule has 8 heteroatoms. The minimum atomic E-state index is -0.0202. The van der Waals surface area contributed by atoms with Crippen LogP contribution < -0.4 is 10.3 Å². The van der Waals surface area contributed by atoms with E-state index in [9.17, 15) is 4.79 Å². The minimum absolute atomic E-state index is 0.0202. The third-order valence-electron chi connectivity index (χ3n) is 5.81. The molecular weight excluding hydrogens is 404 g/mol. The van der Waals surface area contributed by atoms with Gasteiger partial charge in [-0.15, -0.1) is 5.10 Å². The number of aromatic amines is 1. The van der Waals surface area contributed by atoms with E-state index in [1.165, 1.54) is 0 Å². The highest BCUT2D eigenvalue weighted by Crippen LogP contribution is 2.27. The Morgan fingerprint density at radius 3 is 2.78 bits per heavy atom. The molecule has 0 amide bonds. The molecule has 0 bridgehead atoms. The standard InChI is InChI=1S/C24H20N6O2/c31-22-13-23(29-8-10-32-11-9-29)26-24-18(5-3-6-19(22)24)21-15-30(28-27-21)17-12-16-4-1-2-7-20(16)25-14-17/h1-7,12-15H,8-11H2,(H,26,31). The predicted octanol–water partition coefficient (Wildman–Crippen LogP) is 3.16. The number of aromatic nitrogens is 5. The molecule has 1 aliphatic heterocycles. The van der Waals surface area contributed by atoms with Gasteiger partial charge in [0.05, 0.1) is 42.3 Å². The van der Waals surface area contributed by atoms with Gasteiger partial charge < -0.3 is 14.6 Å². The molecule has 0 spiro atoms. The number of nitrogens with one attached hydrogen (secondary N) is 1. The van der Waals surface area contributed by atoms with Crippen LogP contribution in [0.1, 0.15) is 0 Å². The maximum absolute atomic E-state index is 12.8. The third-order valence-corrected chi connectivity index (χ3v) is 5.81. The van der Waals surface area contributed by atoms with Crippen molar-refractivity contribution in [3.8, 4) is 16.9 Å². The van der Waals surface area contributed by atoms with Crippen LogP contribution in [0, 0.1) is 0 Å². The van der Waals surface area contributed by atoms with Crippen LogP contribution in [-0.2, 0) is 4.74 Å². The highest BCUT2D eigenvalue weighted by molar-refractivity contribution is 5.93. The molecule has 0 atom stereocenters. The quantitative estimate of drug-likeness (QED) is 0.479. The summed E-state index contributed by atoms with van der Waals surface area (Å²) in [4.78, 5) is 23.0. The number of hydrogen-bond donors (Lipinski definition) is 1. The van der Waals surface area contributed by atoms with Gasteiger partial charge in [0.1, 0.15) is 11.5 Å². The van der Waals surface area contributed by atoms with Crippen molar-refractivity contribution in [2.24, 2.45) is 0 Å². The zero-order valence-corrected chi connectivity index (χ0v) is 17.2. The molecule has 6 rings (SSSR count). The number of para-hydroxylation sites is 2. The summed E-state index contributed by atoms with van der Waals surface area (Å²) in [5.41, 5.74) is 4.00. The number of benzene rings is 2. The van der Waals surface area contributed by atoms with E-state index in [0.717, 1.165) is 46.6 Å². The van der Waals surface area contributed by atoms with Crippen LogP contribution in [0.3, 0.4) is 0 Å². The van der Waals surface area contributed by atoms with E-state index >= 15 is 0 Å². The van der Waals surface area contributed by atoms with Gasteiger partial charge in [-0.1, -0.05) is 35.5 Å². The Morgan fingerprint density at radius 1 is 1.00 bits per heavy atom. The number of anilines is 1. The number of nitrogens with zero attached hydrogens (tertiary/aromatic N) is 5. The van der Waals surface area contributed by atoms with E-state index in [1.54, 1.807) is 16.9 Å². The zero-order chi connectivity index (χ0) is 21.5. The molecule has 2 aromatic carbocycles. The van der Waals surface area contributed by atoms with Crippen molar-refractivity contribution in [3.05, 3.63) is 77.2 Å². The second-order valence-corrected chi connectivity index (χ2v) is 7.78. The van der Waals surface area contributed by atoms with E-state index in [-0.39, 0.29) is 5.43 Å². The molecular formula is C24H20N6O2. The molecule has 5 aromatic rings. The molecule has 158 valence electrons. The molecule has 32 heavy (non-hydrogen) atoms. The number of ether oxygens (including phenoxy) is 1. The van der Waals surface area contributed by atoms with Crippen LogP contribution in [0.15, 0.2) is 71.8 Å². The van der Waals surface area contributed by atoms with Gasteiger partial charge in [0, 0.05) is 35.5 Å². The normalized spacial score (nSPS) is 14.3. The second-order valence-electron chi connectivity index (χ2n) is 7.78. The van der Waals surface area contributed by atoms with E-state index in [2.05, 4.69) is 25.2 Å². The van der Waals surface area contributed by atoms with Gasteiger partial charge in [-0.3, -0.25) is 9.78 Å². The van der Waals surface area contributed by atoms with Gasteiger partial charge in [0.2, 0.25) is 0 Å². The van der Waals surface area contributed by atoms with Gasteiger partial charge in [0.25, 0.3) is 0 Å². The smallest absolute Gasteiger partial charge is 0.191 e. The van der Waals surface area contributed by atoms with Crippen LogP contribution >= 0.6 is 0 Å². The first kappa shape index (κ1) is 18.7. The van der Waals surface area contributed by atoms with Crippen molar-refractivity contribution >= 4 is 27.6 Å². The summed E-state index contributed by atoms with van der Waals surface area (Å²) in [5, 5.41) is 10.4. The van der Waals surface area contributed by atoms with Crippen LogP contribution in [0.5, 0.6) is 0 Å². The Bertz CT molecular complexity index is 1500. The van der Waals surface area contributed by atoms with Crippen molar-refractivity contribution in [1.29, 1.82) is 0 Å². The molecule has 8 nitrogen and oxygen atoms in total. The number of hydrogen-bond acceptors (Lipinski definition) is 6. The fourth-order valence-electron chi connectivity index (χ4n) is 4.14. The predicted molar refractivity (Wildman–Crippen MR) is 123 cm³/mol. The van der Waals surface area contributed by atoms with E-state index in [1.807, 2.05) is 54.7 Å². The Labute approximate surface area is 183 Å². The monoisotopic (exact) mass is 424 g/mol. The summed E-state index contributed by atoms with van der Waals surface area (Å²) in [6.45, 7) is 2.79. The summed E-state index contributed by atoms with van der Waals surface area (Å²) in [7, 11) is 0. The maximum atomic E-state index is 12.8. The summed E-state index contributed by atoms with van der Waals surface area (Å²) >= 11 is 0. The van der Waals surface area contributed by atoms with Crippen LogP contribution in [0.25, 0.3) is 38.8 Å². The maximum Gasteiger partial charge on any atom is 0.191 e. The van der Waals surface area contributed by atoms with Crippen molar-refractivity contribution in [3.63, 3.8) is 0 Å². The number of fused-ring (bicyclic) bond motifs is 2. The Balaban J connectivity index is 1.44. The van der Waals surface area contributed by atoms with E-state index in [0.29, 0.717) is 24.3 Å². The lowest BCUT2D eigenvalue weighted by atomic mass is 10.1. The Kier molecular flexibility index (Phi) is 4.43. The van der Waals surface area contributed by atoms with Gasteiger partial charge in [0.15, 0.2) is 5.43 Å². The highest BCUT2D eigenvalue weighted by Gasteiger charge is 2.16. The fraction of sp³-hybridized carbons (Fsp3) is 0.167. The summed E-state index contributed by atoms with van der Waals surface area (Å²) in [5.74, 6) is 0.796. The molecule has 1 fully saturated rings. The van der Waals surface area contributed by atoms with Gasteiger partial charge >= 0.3 is 0 Å². The van der Waals surface area contributed by atoms with Crippen molar-refractivity contribution < 1.29 is 4.74 Å². The Morgan fingerprint density at radius 2 is 1.88 bits per heavy atom. The summed E-state index contributed by atoms with van der Waals surface area (Å²) in [6, 6.07) is 17.3. The zero-order valence-electron chi connectivity index (χ0n) is 17.2. The molecule has 0 aliphatic carbocycles. The third kappa shape index (κ3) is 3.21. The van der Waals surface area contributed by atoms with Crippen LogP contribution in [-0.4, -0.2) is 51.3 Å². The van der Waals surface area contributed by atoms with Gasteiger partial charge in [-0.25, -0.2) is 4.68 Å². The SMILES string of the molecule is O=c1cc(N2CCOCC2)[nH]c2c(-c3cn(-c4cnc5ccccc5c4)nn3)cccc12. The lowest BCUT2D eigenvalue weighted by Gasteiger charge is -2.28. The van der Waals surface area contributed by atoms with Crippen LogP contribution in [0.2, 0.25) is 0 Å². The van der Waals surface area contributed by atoms with Crippen molar-refractivity contribution in [2.45, 2.75) is 0 Å². The average molecular weight is 424 g/mol. The lowest BCUT2D eigenvalue weighted by Crippen LogP contribution is -2.37. The first-order valence-electron chi connectivity index (χ1n) is 10.5. The summed E-state index contributed by atoms with van der Waals surface area (Å²) in [6.07, 6.45) is 3.64. The van der Waals surface area contributed by atoms with Crippen molar-refractivity contribution in [2.75, 3.05) is 31.2 Å². The Hall–Kier alpha value is -4.04. The fourth-order valence-corrected chi connectivity index (χ4v) is 4.14. The van der Waals surface area contributed by atoms with Gasteiger partial charge in [-0.05, 0) is 18.2 Å². The largest absolute Gasteiger partial charge is 0.378 e. The number of pyridine rings is 2. The minimum Gasteiger partial charge on any atom is -0.378 e. The molecule has 1 N–H and O–H groups in total. The molecule has 0 unspecified atom stereocenters. The molecule has 0 radical (unpaired) electrons. The first-order chi connectivity index (χ1) is 15.8. The highest BCUT2D eigenvalue weighted by atomic mass is 16.5. The van der Waals surface area contributed by atoms with E-state index in [4.69, 9.17) is 4.74 Å². The molecule has 1 saturated heterocycles. The molecule has 1 aliphatic rings. The molecule has 3 aromatic heterocycles. The second kappa shape index (κ2) is 7.58.